The molecule has 3 fully saturated rings. The summed E-state index contributed by atoms with van der Waals surface area (Å²) in [5.74, 6) is -0.637. The third-order valence-corrected chi connectivity index (χ3v) is 20.2. The second-order valence-electron chi connectivity index (χ2n) is 20.7. The zero-order valence-corrected chi connectivity index (χ0v) is 49.5. The highest BCUT2D eigenvalue weighted by Gasteiger charge is 2.51. The second kappa shape index (κ2) is 30.3. The number of halogens is 3. The number of ether oxygens (including phenoxy) is 9. The SMILES string of the molecule is CCC1O[C@@H](OC(=N)C(Cl)(Cl)Cl)C(OC(C)=O)[C@@H](C)[C@@H]1C.CCC1O[C@@H](OCCO)C(OC(C)=O)[C@@H](C)[C@@H]1C.CCC1O[C@@H](OCCO[Si](c2ccccc2)(c2ccccc2)C(C)(C)C)C(OC(C)=O)[C@@H](C)[C@@H]1C. The molecule has 3 aliphatic rings. The lowest BCUT2D eigenvalue weighted by Gasteiger charge is -2.44. The van der Waals surface area contributed by atoms with Gasteiger partial charge in [0.2, 0.25) is 12.2 Å². The first-order chi connectivity index (χ1) is 34.7. The Morgan fingerprint density at radius 3 is 1.20 bits per heavy atom. The Hall–Kier alpha value is -2.87. The molecule has 2 aromatic rings. The number of aliphatic hydroxyl groups excluding tert-OH is 1. The predicted octanol–water partition coefficient (Wildman–Crippen LogP) is 9.94. The van der Waals surface area contributed by atoms with E-state index in [-0.39, 0.29) is 78.1 Å². The maximum Gasteiger partial charge on any atom is 0.303 e. The van der Waals surface area contributed by atoms with E-state index in [4.69, 9.17) is 92.4 Å². The first kappa shape index (κ1) is 65.4. The molecule has 3 saturated heterocycles. The minimum atomic E-state index is -2.63. The van der Waals surface area contributed by atoms with Crippen LogP contribution in [0.15, 0.2) is 60.7 Å². The number of alkyl halides is 3. The number of hydrogen-bond acceptors (Lipinski definition) is 15. The van der Waals surface area contributed by atoms with E-state index >= 15 is 0 Å². The molecule has 0 bridgehead atoms. The summed E-state index contributed by atoms with van der Waals surface area (Å²) in [6.07, 6.45) is -1.04. The number of hydrogen-bond donors (Lipinski definition) is 2. The quantitative estimate of drug-likeness (QED) is 0.0290. The highest BCUT2D eigenvalue weighted by Crippen LogP contribution is 2.40. The van der Waals surface area contributed by atoms with Crippen LogP contribution in [0.4, 0.5) is 0 Å². The van der Waals surface area contributed by atoms with Crippen molar-refractivity contribution in [2.45, 2.75) is 187 Å². The summed E-state index contributed by atoms with van der Waals surface area (Å²) in [5.41, 5.74) is 0. The average Bonchev–Trinajstić information content (AvgIpc) is 3.34. The first-order valence-electron chi connectivity index (χ1n) is 26.1. The zero-order valence-electron chi connectivity index (χ0n) is 46.3. The molecule has 0 radical (unpaired) electrons. The monoisotopic (exact) mass is 1120 g/mol. The molecular formula is C55H86Cl3NO14Si. The molecule has 6 unspecified atom stereocenters. The lowest BCUT2D eigenvalue weighted by Crippen LogP contribution is -2.66. The third-order valence-electron chi connectivity index (χ3n) is 14.6. The summed E-state index contributed by atoms with van der Waals surface area (Å²) in [5, 5.41) is 18.8. The normalized spacial score (nSPS) is 30.3. The number of carbonyl (C=O) groups excluding carboxylic acids is 3. The number of rotatable bonds is 17. The Morgan fingerprint density at radius 2 is 0.892 bits per heavy atom. The van der Waals surface area contributed by atoms with Crippen LogP contribution in [-0.2, 0) is 61.4 Å². The second-order valence-corrected chi connectivity index (χ2v) is 27.2. The largest absolute Gasteiger partial charge is 0.457 e. The predicted molar refractivity (Wildman–Crippen MR) is 290 cm³/mol. The van der Waals surface area contributed by atoms with E-state index in [2.05, 4.69) is 104 Å². The maximum atomic E-state index is 11.8. The summed E-state index contributed by atoms with van der Waals surface area (Å²) in [6, 6.07) is 21.1. The molecule has 0 aromatic heterocycles. The number of benzene rings is 2. The van der Waals surface area contributed by atoms with Crippen molar-refractivity contribution in [1.29, 1.82) is 5.41 Å². The number of esters is 3. The van der Waals surface area contributed by atoms with Crippen LogP contribution in [0.1, 0.15) is 123 Å². The Labute approximate surface area is 457 Å². The molecule has 74 heavy (non-hydrogen) atoms. The Balaban J connectivity index is 0.000000317. The molecule has 3 aliphatic heterocycles. The van der Waals surface area contributed by atoms with Crippen molar-refractivity contribution in [3.05, 3.63) is 60.7 Å². The summed E-state index contributed by atoms with van der Waals surface area (Å²) >= 11 is 16.8. The van der Waals surface area contributed by atoms with Gasteiger partial charge in [-0.05, 0) is 52.4 Å². The number of aliphatic hydroxyl groups is 1. The summed E-state index contributed by atoms with van der Waals surface area (Å²) in [7, 11) is -2.63. The van der Waals surface area contributed by atoms with E-state index < -0.39 is 61.2 Å². The van der Waals surface area contributed by atoms with Gasteiger partial charge in [-0.3, -0.25) is 19.8 Å². The molecule has 2 N–H and O–H groups in total. The van der Waals surface area contributed by atoms with E-state index in [9.17, 15) is 14.4 Å². The van der Waals surface area contributed by atoms with E-state index in [1.54, 1.807) is 0 Å². The summed E-state index contributed by atoms with van der Waals surface area (Å²) < 4.78 is 56.0. The zero-order chi connectivity index (χ0) is 55.7. The standard InChI is InChI=1S/C29H42O5Si.C13H20Cl3NO4.C13H24O5/c1-8-26-21(2)22(3)27(33-23(4)30)28(34-26)31-19-20-32-35(29(5,6)7,24-15-11-9-12-16-24)25-17-13-10-14-18-25;1-5-9-6(2)7(3)10(19-8(4)18)11(20-9)21-12(17)13(14,15)16;1-5-11-8(2)9(3)12(17-10(4)15)13(18-11)16-7-6-14/h9-18,21-22,26-28H,8,19-20H2,1-7H3;6-7,9-11,17H,5H2,1-4H3;8-9,11-14H,5-7H2,1-4H3/t21-,22-,26?,27?,28+;6-,7-,9?,10?,11-;8-,9-,11?,12?,13+/m000/s1. The molecule has 15 atom stereocenters. The summed E-state index contributed by atoms with van der Waals surface area (Å²) in [4.78, 5) is 34.2. The molecular weight excluding hydrogens is 1030 g/mol. The Bertz CT molecular complexity index is 1970. The van der Waals surface area contributed by atoms with E-state index in [1.807, 2.05) is 39.8 Å². The molecule has 15 nitrogen and oxygen atoms in total. The Morgan fingerprint density at radius 1 is 0.554 bits per heavy atom. The Kier molecular flexibility index (Phi) is 26.8. The van der Waals surface area contributed by atoms with Gasteiger partial charge in [0.15, 0.2) is 30.9 Å². The van der Waals surface area contributed by atoms with Crippen LogP contribution in [0.2, 0.25) is 5.04 Å². The highest BCUT2D eigenvalue weighted by atomic mass is 35.6. The molecule has 0 saturated carbocycles. The van der Waals surface area contributed by atoms with Crippen LogP contribution < -0.4 is 10.4 Å². The van der Waals surface area contributed by atoms with Gasteiger partial charge in [0.05, 0.1) is 44.7 Å². The van der Waals surface area contributed by atoms with Crippen molar-refractivity contribution >= 4 is 77.3 Å². The van der Waals surface area contributed by atoms with Gasteiger partial charge in [-0.25, -0.2) is 0 Å². The van der Waals surface area contributed by atoms with Crippen molar-refractivity contribution < 1.29 is 66.5 Å². The third kappa shape index (κ3) is 17.8. The molecule has 2 aromatic carbocycles. The fourth-order valence-corrected chi connectivity index (χ4v) is 14.8. The molecule has 0 amide bonds. The van der Waals surface area contributed by atoms with Crippen LogP contribution >= 0.6 is 34.8 Å². The van der Waals surface area contributed by atoms with Crippen LogP contribution in [0.25, 0.3) is 0 Å². The van der Waals surface area contributed by atoms with Gasteiger partial charge < -0.3 is 52.2 Å². The highest BCUT2D eigenvalue weighted by molar-refractivity contribution is 6.99. The smallest absolute Gasteiger partial charge is 0.303 e. The van der Waals surface area contributed by atoms with Crippen molar-refractivity contribution in [2.24, 2.45) is 35.5 Å². The maximum absolute atomic E-state index is 11.8. The van der Waals surface area contributed by atoms with Gasteiger partial charge in [0, 0.05) is 38.5 Å². The number of carbonyl (C=O) groups is 3. The molecule has 19 heteroatoms. The molecule has 5 rings (SSSR count). The van der Waals surface area contributed by atoms with Crippen molar-refractivity contribution in [3.8, 4) is 0 Å². The minimum absolute atomic E-state index is 0.0132. The van der Waals surface area contributed by atoms with Gasteiger partial charge in [-0.15, -0.1) is 0 Å². The van der Waals surface area contributed by atoms with E-state index in [1.165, 1.54) is 31.1 Å². The van der Waals surface area contributed by atoms with Gasteiger partial charge in [-0.1, -0.05) is 179 Å². The van der Waals surface area contributed by atoms with Gasteiger partial charge in [-0.2, -0.15) is 0 Å². The van der Waals surface area contributed by atoms with Gasteiger partial charge >= 0.3 is 17.9 Å². The van der Waals surface area contributed by atoms with Crippen molar-refractivity contribution in [2.75, 3.05) is 26.4 Å². The summed E-state index contributed by atoms with van der Waals surface area (Å²) in [6.45, 7) is 30.3. The molecule has 0 spiro atoms. The fourth-order valence-electron chi connectivity index (χ4n) is 10.1. The molecule has 3 heterocycles. The van der Waals surface area contributed by atoms with Crippen LogP contribution in [0, 0.1) is 40.9 Å². The fraction of sp³-hybridized carbons (Fsp3) is 0.709. The van der Waals surface area contributed by atoms with Crippen molar-refractivity contribution in [3.63, 3.8) is 0 Å². The lowest BCUT2D eigenvalue weighted by molar-refractivity contribution is -0.276. The average molecular weight is 1120 g/mol. The van der Waals surface area contributed by atoms with Crippen LogP contribution in [0.5, 0.6) is 0 Å². The van der Waals surface area contributed by atoms with Crippen molar-refractivity contribution in [1.82, 2.24) is 0 Å². The molecule has 420 valence electrons. The lowest BCUT2D eigenvalue weighted by atomic mass is 9.82. The minimum Gasteiger partial charge on any atom is -0.457 e. The first-order valence-corrected chi connectivity index (χ1v) is 29.1. The van der Waals surface area contributed by atoms with Crippen LogP contribution in [0.3, 0.4) is 0 Å². The van der Waals surface area contributed by atoms with E-state index in [0.29, 0.717) is 19.1 Å². The molecule has 0 aliphatic carbocycles. The number of nitrogens with one attached hydrogen (secondary N) is 1. The van der Waals surface area contributed by atoms with E-state index in [0.717, 1.165) is 19.3 Å². The van der Waals surface area contributed by atoms with Crippen LogP contribution in [-0.4, -0.2) is 123 Å². The topological polar surface area (TPSA) is 188 Å². The van der Waals surface area contributed by atoms with Gasteiger partial charge in [0.1, 0.15) is 0 Å². The van der Waals surface area contributed by atoms with Gasteiger partial charge in [0.25, 0.3) is 12.1 Å².